The Morgan fingerprint density at radius 3 is 2.48 bits per heavy atom. The predicted molar refractivity (Wildman–Crippen MR) is 90.6 cm³/mol. The monoisotopic (exact) mass is 334 g/mol. The van der Waals surface area contributed by atoms with Crippen molar-refractivity contribution < 1.29 is 5.11 Å². The molecule has 0 radical (unpaired) electrons. The molecule has 0 bridgehead atoms. The van der Waals surface area contributed by atoms with Gasteiger partial charge in [-0.05, 0) is 12.1 Å². The molecule has 0 aliphatic carbocycles. The van der Waals surface area contributed by atoms with Crippen LogP contribution in [0.5, 0.6) is 0 Å². The number of aromatic nitrogens is 2. The fourth-order valence-corrected chi connectivity index (χ4v) is 3.00. The van der Waals surface area contributed by atoms with Crippen molar-refractivity contribution in [1.29, 1.82) is 0 Å². The van der Waals surface area contributed by atoms with E-state index in [1.54, 1.807) is 6.20 Å². The number of benzene rings is 1. The number of anilines is 1. The van der Waals surface area contributed by atoms with Gasteiger partial charge in [-0.2, -0.15) is 9.78 Å². The number of para-hydroxylation sites is 1. The molecule has 23 heavy (non-hydrogen) atoms. The van der Waals surface area contributed by atoms with Crippen LogP contribution in [0, 0.1) is 0 Å². The van der Waals surface area contributed by atoms with Gasteiger partial charge in [0.1, 0.15) is 5.02 Å². The van der Waals surface area contributed by atoms with E-state index in [0.717, 1.165) is 26.2 Å². The third kappa shape index (κ3) is 3.39. The van der Waals surface area contributed by atoms with Crippen molar-refractivity contribution in [3.05, 3.63) is 51.9 Å². The summed E-state index contributed by atoms with van der Waals surface area (Å²) in [6, 6.07) is 9.23. The Morgan fingerprint density at radius 2 is 1.83 bits per heavy atom. The van der Waals surface area contributed by atoms with Crippen LogP contribution in [-0.4, -0.2) is 59.1 Å². The summed E-state index contributed by atoms with van der Waals surface area (Å²) in [6.45, 7) is 4.02. The largest absolute Gasteiger partial charge is 0.395 e. The Hall–Kier alpha value is -1.89. The molecule has 6 nitrogen and oxygen atoms in total. The Balaban J connectivity index is 1.83. The first-order valence-corrected chi connectivity index (χ1v) is 8.00. The molecule has 122 valence electrons. The van der Waals surface area contributed by atoms with Gasteiger partial charge in [-0.3, -0.25) is 9.69 Å². The van der Waals surface area contributed by atoms with E-state index in [-0.39, 0.29) is 17.2 Å². The molecule has 1 aliphatic heterocycles. The van der Waals surface area contributed by atoms with Gasteiger partial charge in [0.15, 0.2) is 0 Å². The van der Waals surface area contributed by atoms with E-state index in [2.05, 4.69) is 14.9 Å². The Morgan fingerprint density at radius 1 is 1.13 bits per heavy atom. The van der Waals surface area contributed by atoms with Gasteiger partial charge in [0.2, 0.25) is 0 Å². The number of nitrogens with zero attached hydrogens (tertiary/aromatic N) is 4. The van der Waals surface area contributed by atoms with Crippen molar-refractivity contribution >= 4 is 17.3 Å². The standard InChI is InChI=1S/C16H19ClN4O2/c17-15-14(20-8-6-19(7-9-20)10-11-22)12-18-21(16(15)23)13-4-2-1-3-5-13/h1-5,12,22H,6-11H2. The van der Waals surface area contributed by atoms with Crippen LogP contribution in [0.2, 0.25) is 5.02 Å². The van der Waals surface area contributed by atoms with Gasteiger partial charge in [0, 0.05) is 32.7 Å². The van der Waals surface area contributed by atoms with Gasteiger partial charge >= 0.3 is 0 Å². The first-order valence-electron chi connectivity index (χ1n) is 7.62. The summed E-state index contributed by atoms with van der Waals surface area (Å²) in [7, 11) is 0. The quantitative estimate of drug-likeness (QED) is 0.904. The zero-order chi connectivity index (χ0) is 16.2. The molecule has 1 saturated heterocycles. The predicted octanol–water partition coefficient (Wildman–Crippen LogP) is 1.00. The van der Waals surface area contributed by atoms with E-state index in [1.165, 1.54) is 4.68 Å². The van der Waals surface area contributed by atoms with Crippen molar-refractivity contribution in [2.75, 3.05) is 44.2 Å². The van der Waals surface area contributed by atoms with Crippen LogP contribution in [0.15, 0.2) is 41.3 Å². The van der Waals surface area contributed by atoms with Gasteiger partial charge in [-0.25, -0.2) is 0 Å². The fraction of sp³-hybridized carbons (Fsp3) is 0.375. The van der Waals surface area contributed by atoms with Crippen LogP contribution in [0.1, 0.15) is 0 Å². The zero-order valence-corrected chi connectivity index (χ0v) is 13.5. The summed E-state index contributed by atoms with van der Waals surface area (Å²) >= 11 is 6.31. The number of piperazine rings is 1. The van der Waals surface area contributed by atoms with E-state index in [4.69, 9.17) is 16.7 Å². The van der Waals surface area contributed by atoms with Gasteiger partial charge in [0.05, 0.1) is 24.2 Å². The highest BCUT2D eigenvalue weighted by Gasteiger charge is 2.21. The third-order valence-electron chi connectivity index (χ3n) is 4.03. The van der Waals surface area contributed by atoms with Crippen molar-refractivity contribution in [2.45, 2.75) is 0 Å². The zero-order valence-electron chi connectivity index (χ0n) is 12.7. The molecule has 1 aromatic carbocycles. The number of hydrogen-bond acceptors (Lipinski definition) is 5. The van der Waals surface area contributed by atoms with Crippen LogP contribution < -0.4 is 10.5 Å². The van der Waals surface area contributed by atoms with E-state index in [9.17, 15) is 4.79 Å². The van der Waals surface area contributed by atoms with Crippen molar-refractivity contribution in [3.63, 3.8) is 0 Å². The van der Waals surface area contributed by atoms with Gasteiger partial charge in [-0.15, -0.1) is 0 Å². The maximum absolute atomic E-state index is 12.5. The average Bonchev–Trinajstić information content (AvgIpc) is 2.59. The number of β-amino-alcohol motifs (C(OH)–C–C–N with tert-alkyl or cyclic N) is 1. The summed E-state index contributed by atoms with van der Waals surface area (Å²) in [6.07, 6.45) is 1.65. The van der Waals surface area contributed by atoms with Gasteiger partial charge < -0.3 is 10.0 Å². The minimum atomic E-state index is -0.312. The van der Waals surface area contributed by atoms with Crippen LogP contribution in [0.3, 0.4) is 0 Å². The van der Waals surface area contributed by atoms with E-state index in [0.29, 0.717) is 17.9 Å². The summed E-state index contributed by atoms with van der Waals surface area (Å²) in [5, 5.41) is 13.4. The Kier molecular flexibility index (Phi) is 4.95. The van der Waals surface area contributed by atoms with Crippen molar-refractivity contribution in [1.82, 2.24) is 14.7 Å². The summed E-state index contributed by atoms with van der Waals surface area (Å²) in [4.78, 5) is 16.8. The lowest BCUT2D eigenvalue weighted by Crippen LogP contribution is -2.47. The van der Waals surface area contributed by atoms with E-state index >= 15 is 0 Å². The van der Waals surface area contributed by atoms with Crippen LogP contribution in [0.25, 0.3) is 5.69 Å². The van der Waals surface area contributed by atoms with Crippen LogP contribution in [-0.2, 0) is 0 Å². The second kappa shape index (κ2) is 7.12. The molecule has 0 amide bonds. The topological polar surface area (TPSA) is 61.6 Å². The molecule has 7 heteroatoms. The first kappa shape index (κ1) is 16.0. The molecule has 1 aliphatic rings. The second-order valence-corrected chi connectivity index (χ2v) is 5.83. The first-order chi connectivity index (χ1) is 11.2. The smallest absolute Gasteiger partial charge is 0.292 e. The number of aliphatic hydroxyl groups is 1. The third-order valence-corrected chi connectivity index (χ3v) is 4.39. The SMILES string of the molecule is O=c1c(Cl)c(N2CCN(CCO)CC2)cnn1-c1ccccc1. The minimum absolute atomic E-state index is 0.162. The van der Waals surface area contributed by atoms with Gasteiger partial charge in [0.25, 0.3) is 5.56 Å². The highest BCUT2D eigenvalue weighted by atomic mass is 35.5. The number of halogens is 1. The minimum Gasteiger partial charge on any atom is -0.395 e. The molecule has 1 fully saturated rings. The highest BCUT2D eigenvalue weighted by molar-refractivity contribution is 6.33. The van der Waals surface area contributed by atoms with E-state index < -0.39 is 0 Å². The molecule has 3 rings (SSSR count). The number of rotatable bonds is 4. The number of aliphatic hydroxyl groups excluding tert-OH is 1. The summed E-state index contributed by atoms with van der Waals surface area (Å²) < 4.78 is 1.31. The molecule has 0 spiro atoms. The average molecular weight is 335 g/mol. The lowest BCUT2D eigenvalue weighted by atomic mass is 10.2. The Labute approximate surface area is 139 Å². The second-order valence-electron chi connectivity index (χ2n) is 5.45. The molecule has 1 N–H and O–H groups in total. The molecular formula is C16H19ClN4O2. The summed E-state index contributed by atoms with van der Waals surface area (Å²) in [5.74, 6) is 0. The highest BCUT2D eigenvalue weighted by Crippen LogP contribution is 2.22. The maximum Gasteiger partial charge on any atom is 0.292 e. The maximum atomic E-state index is 12.5. The fourth-order valence-electron chi connectivity index (χ4n) is 2.75. The Bertz CT molecular complexity index is 712. The van der Waals surface area contributed by atoms with Crippen LogP contribution >= 0.6 is 11.6 Å². The van der Waals surface area contributed by atoms with Crippen molar-refractivity contribution in [3.8, 4) is 5.69 Å². The lowest BCUT2D eigenvalue weighted by molar-refractivity contribution is 0.188. The van der Waals surface area contributed by atoms with Crippen LogP contribution in [0.4, 0.5) is 5.69 Å². The molecule has 2 heterocycles. The molecule has 0 unspecified atom stereocenters. The summed E-state index contributed by atoms with van der Waals surface area (Å²) in [5.41, 5.74) is 1.05. The molecule has 1 aromatic heterocycles. The molecular weight excluding hydrogens is 316 g/mol. The van der Waals surface area contributed by atoms with Crippen molar-refractivity contribution in [2.24, 2.45) is 0 Å². The molecule has 2 aromatic rings. The van der Waals surface area contributed by atoms with Gasteiger partial charge in [-0.1, -0.05) is 29.8 Å². The molecule has 0 saturated carbocycles. The van der Waals surface area contributed by atoms with E-state index in [1.807, 2.05) is 30.3 Å². The normalized spacial score (nSPS) is 15.8. The number of hydrogen-bond donors (Lipinski definition) is 1. The molecule has 0 atom stereocenters. The lowest BCUT2D eigenvalue weighted by Gasteiger charge is -2.35.